The first-order chi connectivity index (χ1) is 10.3. The minimum Gasteiger partial charge on any atom is -0.300 e. The van der Waals surface area contributed by atoms with Crippen molar-refractivity contribution in [3.8, 4) is 17.3 Å². The molecule has 0 aliphatic heterocycles. The smallest absolute Gasteiger partial charge is 0.300 e. The monoisotopic (exact) mass is 389 g/mol. The normalized spacial score (nSPS) is 11.3. The number of benzene rings is 1. The van der Waals surface area contributed by atoms with Gasteiger partial charge in [-0.3, -0.25) is 4.79 Å². The number of H-pyrrole nitrogens is 1. The van der Waals surface area contributed by atoms with Crippen molar-refractivity contribution in [2.75, 3.05) is 6.26 Å². The first kappa shape index (κ1) is 16.6. The van der Waals surface area contributed by atoms with E-state index in [9.17, 15) is 18.0 Å². The largest absolute Gasteiger partial charge is 0.418 e. The van der Waals surface area contributed by atoms with Crippen LogP contribution in [0.25, 0.3) is 11.3 Å². The number of alkyl halides is 3. The third-order valence-electron chi connectivity index (χ3n) is 2.76. The number of nitriles is 1. The average Bonchev–Trinajstić information content (AvgIpc) is 2.44. The summed E-state index contributed by atoms with van der Waals surface area (Å²) >= 11 is 3.92. The molecule has 1 aromatic carbocycles. The van der Waals surface area contributed by atoms with Crippen LogP contribution in [0.5, 0.6) is 0 Å². The molecule has 0 saturated heterocycles. The summed E-state index contributed by atoms with van der Waals surface area (Å²) in [6.45, 7) is 0. The van der Waals surface area contributed by atoms with Gasteiger partial charge < -0.3 is 4.98 Å². The molecule has 0 unspecified atom stereocenters. The molecule has 22 heavy (non-hydrogen) atoms. The number of halogens is 4. The molecular formula is C13H7BrF3N3OS. The topological polar surface area (TPSA) is 69.5 Å². The molecule has 1 aromatic heterocycles. The zero-order valence-corrected chi connectivity index (χ0v) is 13.4. The van der Waals surface area contributed by atoms with E-state index < -0.39 is 22.9 Å². The number of hydrogen-bond acceptors (Lipinski definition) is 4. The van der Waals surface area contributed by atoms with E-state index in [-0.39, 0.29) is 20.9 Å². The number of nitrogens with one attached hydrogen (secondary N) is 1. The minimum absolute atomic E-state index is 0.132. The number of aromatic amines is 1. The lowest BCUT2D eigenvalue weighted by molar-refractivity contribution is -0.137. The van der Waals surface area contributed by atoms with Crippen molar-refractivity contribution in [1.29, 1.82) is 5.26 Å². The van der Waals surface area contributed by atoms with Crippen molar-refractivity contribution in [2.45, 2.75) is 11.3 Å². The van der Waals surface area contributed by atoms with Crippen molar-refractivity contribution < 1.29 is 13.2 Å². The van der Waals surface area contributed by atoms with Gasteiger partial charge >= 0.3 is 6.18 Å². The molecule has 0 bridgehead atoms. The number of nitrogens with zero attached hydrogens (tertiary/aromatic N) is 2. The Labute approximate surface area is 135 Å². The zero-order valence-electron chi connectivity index (χ0n) is 11.0. The van der Waals surface area contributed by atoms with Gasteiger partial charge in [0, 0.05) is 10.0 Å². The number of aromatic nitrogens is 2. The first-order valence-electron chi connectivity index (χ1n) is 5.74. The van der Waals surface area contributed by atoms with E-state index in [4.69, 9.17) is 5.26 Å². The van der Waals surface area contributed by atoms with Crippen LogP contribution >= 0.6 is 27.7 Å². The first-order valence-corrected chi connectivity index (χ1v) is 7.76. The summed E-state index contributed by atoms with van der Waals surface area (Å²) in [5.41, 5.74) is -2.81. The molecule has 0 aliphatic carbocycles. The Bertz CT molecular complexity index is 827. The van der Waals surface area contributed by atoms with E-state index >= 15 is 0 Å². The summed E-state index contributed by atoms with van der Waals surface area (Å²) in [5, 5.41) is 9.21. The molecule has 4 nitrogen and oxygen atoms in total. The molecule has 0 fully saturated rings. The number of hydrogen-bond donors (Lipinski definition) is 1. The maximum atomic E-state index is 13.3. The van der Waals surface area contributed by atoms with E-state index in [0.717, 1.165) is 11.8 Å². The van der Waals surface area contributed by atoms with Crippen LogP contribution < -0.4 is 5.56 Å². The Morgan fingerprint density at radius 3 is 2.64 bits per heavy atom. The molecule has 9 heteroatoms. The van der Waals surface area contributed by atoms with E-state index in [1.165, 1.54) is 18.2 Å². The molecule has 2 aromatic rings. The van der Waals surface area contributed by atoms with Crippen molar-refractivity contribution in [2.24, 2.45) is 0 Å². The van der Waals surface area contributed by atoms with Gasteiger partial charge in [-0.1, -0.05) is 39.8 Å². The number of thioether (sulfide) groups is 1. The van der Waals surface area contributed by atoms with Crippen LogP contribution in [0.15, 0.2) is 32.6 Å². The summed E-state index contributed by atoms with van der Waals surface area (Å²) in [4.78, 5) is 18.2. The fourth-order valence-electron chi connectivity index (χ4n) is 1.86. The van der Waals surface area contributed by atoms with Gasteiger partial charge in [-0.25, -0.2) is 4.98 Å². The Morgan fingerprint density at radius 1 is 1.41 bits per heavy atom. The van der Waals surface area contributed by atoms with Gasteiger partial charge in [0.25, 0.3) is 5.56 Å². The highest BCUT2D eigenvalue weighted by molar-refractivity contribution is 9.10. The highest BCUT2D eigenvalue weighted by Crippen LogP contribution is 2.41. The van der Waals surface area contributed by atoms with Crippen molar-refractivity contribution in [1.82, 2.24) is 9.97 Å². The lowest BCUT2D eigenvalue weighted by Crippen LogP contribution is -2.16. The third kappa shape index (κ3) is 3.03. The summed E-state index contributed by atoms with van der Waals surface area (Å²) in [6, 6.07) is 5.42. The van der Waals surface area contributed by atoms with E-state index in [2.05, 4.69) is 25.9 Å². The second-order valence-corrected chi connectivity index (χ2v) is 5.72. The fourth-order valence-corrected chi connectivity index (χ4v) is 2.83. The molecule has 0 radical (unpaired) electrons. The minimum atomic E-state index is -4.66. The molecule has 1 N–H and O–H groups in total. The third-order valence-corrected chi connectivity index (χ3v) is 4.00. The van der Waals surface area contributed by atoms with Crippen LogP contribution in [-0.4, -0.2) is 16.2 Å². The Morgan fingerprint density at radius 2 is 2.09 bits per heavy atom. The lowest BCUT2D eigenvalue weighted by atomic mass is 10.0. The van der Waals surface area contributed by atoms with Crippen LogP contribution in [0.2, 0.25) is 0 Å². The molecule has 2 rings (SSSR count). The quantitative estimate of drug-likeness (QED) is 0.626. The van der Waals surface area contributed by atoms with Crippen LogP contribution in [0, 0.1) is 11.3 Å². The molecule has 0 saturated carbocycles. The second kappa shape index (κ2) is 6.14. The SMILES string of the molecule is CSc1nc(-c2cccc(Br)c2C(F)(F)F)c(C#N)c(=O)[nH]1. The summed E-state index contributed by atoms with van der Waals surface area (Å²) in [6.07, 6.45) is -3.05. The Kier molecular flexibility index (Phi) is 4.63. The molecule has 0 spiro atoms. The van der Waals surface area contributed by atoms with Crippen LogP contribution in [-0.2, 0) is 6.18 Å². The highest BCUT2D eigenvalue weighted by atomic mass is 79.9. The summed E-state index contributed by atoms with van der Waals surface area (Å²) in [7, 11) is 0. The zero-order chi connectivity index (χ0) is 16.5. The molecule has 0 amide bonds. The van der Waals surface area contributed by atoms with Crippen LogP contribution in [0.3, 0.4) is 0 Å². The molecule has 114 valence electrons. The van der Waals surface area contributed by atoms with Gasteiger partial charge in [-0.2, -0.15) is 18.4 Å². The predicted molar refractivity (Wildman–Crippen MR) is 79.5 cm³/mol. The van der Waals surface area contributed by atoms with E-state index in [1.807, 2.05) is 0 Å². The van der Waals surface area contributed by atoms with Crippen molar-refractivity contribution >= 4 is 27.7 Å². The maximum absolute atomic E-state index is 13.3. The standard InChI is InChI=1S/C13H7BrF3N3OS/c1-22-12-19-10(7(5-18)11(21)20-12)6-3-2-4-8(14)9(6)13(15,16)17/h2-4H,1H3,(H,19,20,21). The lowest BCUT2D eigenvalue weighted by Gasteiger charge is -2.15. The van der Waals surface area contributed by atoms with Gasteiger partial charge in [-0.05, 0) is 12.3 Å². The molecule has 1 heterocycles. The van der Waals surface area contributed by atoms with E-state index in [0.29, 0.717) is 0 Å². The van der Waals surface area contributed by atoms with E-state index in [1.54, 1.807) is 12.3 Å². The number of rotatable bonds is 2. The van der Waals surface area contributed by atoms with Crippen LogP contribution in [0.4, 0.5) is 13.2 Å². The summed E-state index contributed by atoms with van der Waals surface area (Å²) < 4.78 is 39.7. The van der Waals surface area contributed by atoms with Crippen LogP contribution in [0.1, 0.15) is 11.1 Å². The predicted octanol–water partition coefficient (Wildman–Crippen LogP) is 3.81. The Hall–Kier alpha value is -1.79. The van der Waals surface area contributed by atoms with Gasteiger partial charge in [0.15, 0.2) is 5.16 Å². The molecule has 0 atom stereocenters. The van der Waals surface area contributed by atoms with Gasteiger partial charge in [0.2, 0.25) is 0 Å². The Balaban J connectivity index is 2.90. The summed E-state index contributed by atoms with van der Waals surface area (Å²) in [5.74, 6) is 0. The van der Waals surface area contributed by atoms with Gasteiger partial charge in [0.1, 0.15) is 11.6 Å². The van der Waals surface area contributed by atoms with Crippen molar-refractivity contribution in [3.63, 3.8) is 0 Å². The molecular weight excluding hydrogens is 383 g/mol. The second-order valence-electron chi connectivity index (χ2n) is 4.07. The fraction of sp³-hybridized carbons (Fsp3) is 0.154. The van der Waals surface area contributed by atoms with Crippen molar-refractivity contribution in [3.05, 3.63) is 44.2 Å². The highest BCUT2D eigenvalue weighted by Gasteiger charge is 2.37. The average molecular weight is 390 g/mol. The van der Waals surface area contributed by atoms with Gasteiger partial charge in [-0.15, -0.1) is 0 Å². The van der Waals surface area contributed by atoms with Gasteiger partial charge in [0.05, 0.1) is 11.3 Å². The maximum Gasteiger partial charge on any atom is 0.418 e. The molecule has 0 aliphatic rings.